The van der Waals surface area contributed by atoms with Gasteiger partial charge < -0.3 is 5.11 Å². The third-order valence-electron chi connectivity index (χ3n) is 2.22. The molecule has 0 amide bonds. The first-order chi connectivity index (χ1) is 8.47. The Morgan fingerprint density at radius 3 is 2.33 bits per heavy atom. The van der Waals surface area contributed by atoms with Gasteiger partial charge in [0.15, 0.2) is 0 Å². The quantitative estimate of drug-likeness (QED) is 0.910. The van der Waals surface area contributed by atoms with Crippen molar-refractivity contribution in [1.82, 2.24) is 0 Å². The number of phenolic OH excluding ortho intramolecular Hbond substituents is 1. The van der Waals surface area contributed by atoms with Crippen molar-refractivity contribution in [3.63, 3.8) is 0 Å². The molecule has 0 spiro atoms. The van der Waals surface area contributed by atoms with Crippen LogP contribution >= 0.6 is 11.6 Å². The molecule has 0 heterocycles. The molecule has 0 atom stereocenters. The molecule has 2 rings (SSSR count). The number of hydrogen-bond acceptors (Lipinski definition) is 3. The van der Waals surface area contributed by atoms with Crippen LogP contribution in [0.15, 0.2) is 53.4 Å². The van der Waals surface area contributed by atoms with Crippen molar-refractivity contribution in [2.45, 2.75) is 4.90 Å². The minimum atomic E-state index is -3.67. The van der Waals surface area contributed by atoms with Gasteiger partial charge in [0.05, 0.1) is 10.6 Å². The van der Waals surface area contributed by atoms with Crippen molar-refractivity contribution >= 4 is 27.3 Å². The highest BCUT2D eigenvalue weighted by Crippen LogP contribution is 2.20. The zero-order valence-electron chi connectivity index (χ0n) is 9.17. The van der Waals surface area contributed by atoms with Gasteiger partial charge in [-0.15, -0.1) is 0 Å². The Hall–Kier alpha value is -1.72. The minimum absolute atomic E-state index is 0.0108. The third-order valence-corrected chi connectivity index (χ3v) is 3.86. The monoisotopic (exact) mass is 283 g/mol. The minimum Gasteiger partial charge on any atom is -0.508 e. The standard InChI is InChI=1S/C12H10ClNO3S/c13-9-2-1-3-10(8-9)14-18(16,17)12-6-4-11(15)5-7-12/h1-8,14-15H. The van der Waals surface area contributed by atoms with Crippen LogP contribution in [0.5, 0.6) is 5.75 Å². The molecule has 0 radical (unpaired) electrons. The summed E-state index contributed by atoms with van der Waals surface area (Å²) >= 11 is 5.77. The van der Waals surface area contributed by atoms with Crippen molar-refractivity contribution < 1.29 is 13.5 Å². The average Bonchev–Trinajstić information content (AvgIpc) is 2.29. The number of nitrogens with one attached hydrogen (secondary N) is 1. The van der Waals surface area contributed by atoms with E-state index in [0.717, 1.165) is 0 Å². The summed E-state index contributed by atoms with van der Waals surface area (Å²) in [6.45, 7) is 0. The van der Waals surface area contributed by atoms with Gasteiger partial charge >= 0.3 is 0 Å². The van der Waals surface area contributed by atoms with Crippen LogP contribution in [0.2, 0.25) is 5.02 Å². The number of benzene rings is 2. The molecule has 94 valence electrons. The second-order valence-electron chi connectivity index (χ2n) is 3.61. The first kappa shape index (κ1) is 12.7. The van der Waals surface area contributed by atoms with E-state index in [1.807, 2.05) is 0 Å². The number of phenols is 1. The van der Waals surface area contributed by atoms with Crippen LogP contribution in [0, 0.1) is 0 Å². The predicted molar refractivity (Wildman–Crippen MR) is 70.4 cm³/mol. The Balaban J connectivity index is 2.30. The van der Waals surface area contributed by atoms with Gasteiger partial charge in [-0.05, 0) is 42.5 Å². The molecule has 18 heavy (non-hydrogen) atoms. The second-order valence-corrected chi connectivity index (χ2v) is 5.73. The molecule has 2 aromatic carbocycles. The summed E-state index contributed by atoms with van der Waals surface area (Å²) in [6.07, 6.45) is 0. The smallest absolute Gasteiger partial charge is 0.261 e. The highest BCUT2D eigenvalue weighted by atomic mass is 35.5. The molecule has 0 aliphatic rings. The lowest BCUT2D eigenvalue weighted by molar-refractivity contribution is 0.475. The van der Waals surface area contributed by atoms with Gasteiger partial charge in [-0.25, -0.2) is 8.42 Å². The van der Waals surface area contributed by atoms with E-state index >= 15 is 0 Å². The normalized spacial score (nSPS) is 11.2. The Bertz CT molecular complexity index is 653. The molecule has 0 fully saturated rings. The summed E-state index contributed by atoms with van der Waals surface area (Å²) in [6, 6.07) is 11.7. The van der Waals surface area contributed by atoms with Gasteiger partial charge in [-0.3, -0.25) is 4.72 Å². The summed E-state index contributed by atoms with van der Waals surface area (Å²) in [7, 11) is -3.67. The van der Waals surface area contributed by atoms with Crippen LogP contribution in [0.3, 0.4) is 0 Å². The van der Waals surface area contributed by atoms with E-state index in [2.05, 4.69) is 4.72 Å². The van der Waals surface area contributed by atoms with Crippen LogP contribution in [0.1, 0.15) is 0 Å². The zero-order chi connectivity index (χ0) is 13.2. The van der Waals surface area contributed by atoms with Gasteiger partial charge in [0.1, 0.15) is 5.75 Å². The van der Waals surface area contributed by atoms with Crippen molar-refractivity contribution in [3.05, 3.63) is 53.6 Å². The van der Waals surface area contributed by atoms with Gasteiger partial charge in [-0.2, -0.15) is 0 Å². The van der Waals surface area contributed by atoms with E-state index in [9.17, 15) is 8.42 Å². The summed E-state index contributed by atoms with van der Waals surface area (Å²) in [5.41, 5.74) is 0.385. The molecule has 2 N–H and O–H groups in total. The lowest BCUT2D eigenvalue weighted by Crippen LogP contribution is -2.12. The number of aromatic hydroxyl groups is 1. The molecular weight excluding hydrogens is 274 g/mol. The maximum Gasteiger partial charge on any atom is 0.261 e. The van der Waals surface area contributed by atoms with E-state index in [4.69, 9.17) is 16.7 Å². The number of rotatable bonds is 3. The highest BCUT2D eigenvalue weighted by Gasteiger charge is 2.13. The topological polar surface area (TPSA) is 66.4 Å². The van der Waals surface area contributed by atoms with Gasteiger partial charge in [-0.1, -0.05) is 17.7 Å². The fraction of sp³-hybridized carbons (Fsp3) is 0. The molecule has 0 aliphatic carbocycles. The highest BCUT2D eigenvalue weighted by molar-refractivity contribution is 7.92. The Kier molecular flexibility index (Phi) is 3.45. The average molecular weight is 284 g/mol. The van der Waals surface area contributed by atoms with E-state index in [1.165, 1.54) is 30.3 Å². The molecule has 0 aromatic heterocycles. The van der Waals surface area contributed by atoms with Crippen molar-refractivity contribution in [2.24, 2.45) is 0 Å². The zero-order valence-corrected chi connectivity index (χ0v) is 10.7. The van der Waals surface area contributed by atoms with E-state index in [0.29, 0.717) is 10.7 Å². The largest absolute Gasteiger partial charge is 0.508 e. The van der Waals surface area contributed by atoms with Crippen LogP contribution in [0.4, 0.5) is 5.69 Å². The van der Waals surface area contributed by atoms with Crippen molar-refractivity contribution in [1.29, 1.82) is 0 Å². The Morgan fingerprint density at radius 2 is 1.72 bits per heavy atom. The fourth-order valence-electron chi connectivity index (χ4n) is 1.39. The molecule has 6 heteroatoms. The first-order valence-electron chi connectivity index (χ1n) is 5.05. The molecular formula is C12H10ClNO3S. The van der Waals surface area contributed by atoms with Crippen LogP contribution < -0.4 is 4.72 Å². The van der Waals surface area contributed by atoms with E-state index < -0.39 is 10.0 Å². The van der Waals surface area contributed by atoms with Crippen LogP contribution in [-0.2, 0) is 10.0 Å². The predicted octanol–water partition coefficient (Wildman–Crippen LogP) is 2.85. The van der Waals surface area contributed by atoms with Gasteiger partial charge in [0.2, 0.25) is 0 Å². The molecule has 4 nitrogen and oxygen atoms in total. The van der Waals surface area contributed by atoms with E-state index in [1.54, 1.807) is 18.2 Å². The summed E-state index contributed by atoms with van der Waals surface area (Å²) in [4.78, 5) is 0.0697. The summed E-state index contributed by atoms with van der Waals surface area (Å²) < 4.78 is 26.4. The maximum absolute atomic E-state index is 12.0. The van der Waals surface area contributed by atoms with E-state index in [-0.39, 0.29) is 10.6 Å². The fourth-order valence-corrected chi connectivity index (χ4v) is 2.63. The molecule has 0 bridgehead atoms. The molecule has 2 aromatic rings. The molecule has 0 saturated carbocycles. The first-order valence-corrected chi connectivity index (χ1v) is 6.91. The molecule has 0 saturated heterocycles. The molecule has 0 aliphatic heterocycles. The number of halogens is 1. The van der Waals surface area contributed by atoms with Crippen LogP contribution in [-0.4, -0.2) is 13.5 Å². The lowest BCUT2D eigenvalue weighted by atomic mass is 10.3. The van der Waals surface area contributed by atoms with Crippen molar-refractivity contribution in [2.75, 3.05) is 4.72 Å². The van der Waals surface area contributed by atoms with Gasteiger partial charge in [0, 0.05) is 5.02 Å². The number of sulfonamides is 1. The number of anilines is 1. The Labute approximate surface area is 110 Å². The maximum atomic E-state index is 12.0. The summed E-state index contributed by atoms with van der Waals surface area (Å²) in [5, 5.41) is 9.56. The third kappa shape index (κ3) is 2.94. The van der Waals surface area contributed by atoms with Crippen LogP contribution in [0.25, 0.3) is 0 Å². The van der Waals surface area contributed by atoms with Crippen molar-refractivity contribution in [3.8, 4) is 5.75 Å². The summed E-state index contributed by atoms with van der Waals surface area (Å²) in [5.74, 6) is 0.0108. The second kappa shape index (κ2) is 4.88. The molecule has 0 unspecified atom stereocenters. The number of hydrogen-bond donors (Lipinski definition) is 2. The van der Waals surface area contributed by atoms with Gasteiger partial charge in [0.25, 0.3) is 10.0 Å². The lowest BCUT2D eigenvalue weighted by Gasteiger charge is -2.08. The SMILES string of the molecule is O=S(=O)(Nc1cccc(Cl)c1)c1ccc(O)cc1. The Morgan fingerprint density at radius 1 is 1.06 bits per heavy atom.